The van der Waals surface area contributed by atoms with Crippen LogP contribution in [0.4, 0.5) is 11.8 Å². The summed E-state index contributed by atoms with van der Waals surface area (Å²) < 4.78 is 38.9. The highest BCUT2D eigenvalue weighted by molar-refractivity contribution is 7.89. The van der Waals surface area contributed by atoms with Gasteiger partial charge in [-0.15, -0.1) is 0 Å². The van der Waals surface area contributed by atoms with Gasteiger partial charge in [0.2, 0.25) is 16.0 Å². The van der Waals surface area contributed by atoms with Crippen LogP contribution < -0.4 is 14.5 Å². The van der Waals surface area contributed by atoms with Gasteiger partial charge in [-0.2, -0.15) is 9.29 Å². The second kappa shape index (κ2) is 9.60. The highest BCUT2D eigenvalue weighted by Crippen LogP contribution is 2.26. The van der Waals surface area contributed by atoms with Crippen molar-refractivity contribution < 1.29 is 17.9 Å². The molecule has 0 unspecified atom stereocenters. The number of rotatable bonds is 6. The molecular weight excluding hydrogens is 430 g/mol. The summed E-state index contributed by atoms with van der Waals surface area (Å²) in [6, 6.07) is 7.01. The molecule has 10 heteroatoms. The molecule has 0 amide bonds. The van der Waals surface area contributed by atoms with E-state index in [1.165, 1.54) is 0 Å². The summed E-state index contributed by atoms with van der Waals surface area (Å²) in [4.78, 5) is 13.9. The fraction of sp³-hybridized carbons (Fsp3) is 0.545. The molecule has 2 saturated heterocycles. The highest BCUT2D eigenvalue weighted by Gasteiger charge is 2.30. The van der Waals surface area contributed by atoms with Crippen LogP contribution in [0.3, 0.4) is 0 Å². The van der Waals surface area contributed by atoms with Gasteiger partial charge in [0.05, 0.1) is 24.7 Å². The third kappa shape index (κ3) is 4.82. The zero-order valence-electron chi connectivity index (χ0n) is 19.0. The minimum Gasteiger partial charge on any atom is -0.494 e. The Kier molecular flexibility index (Phi) is 6.82. The molecule has 3 heterocycles. The fourth-order valence-corrected chi connectivity index (χ4v) is 5.52. The second-order valence-corrected chi connectivity index (χ2v) is 9.96. The number of morpholine rings is 1. The summed E-state index contributed by atoms with van der Waals surface area (Å²) in [5.41, 5.74) is 1.72. The van der Waals surface area contributed by atoms with Gasteiger partial charge in [0, 0.05) is 51.0 Å². The lowest BCUT2D eigenvalue weighted by atomic mass is 10.2. The van der Waals surface area contributed by atoms with E-state index in [0.29, 0.717) is 62.6 Å². The molecule has 1 aromatic heterocycles. The van der Waals surface area contributed by atoms with Crippen molar-refractivity contribution in [3.8, 4) is 5.75 Å². The summed E-state index contributed by atoms with van der Waals surface area (Å²) in [5, 5.41) is 0. The quantitative estimate of drug-likeness (QED) is 0.644. The van der Waals surface area contributed by atoms with Crippen LogP contribution in [-0.2, 0) is 14.8 Å². The van der Waals surface area contributed by atoms with E-state index in [2.05, 4.69) is 14.8 Å². The first-order valence-electron chi connectivity index (χ1n) is 11.1. The average molecular weight is 462 g/mol. The molecule has 0 atom stereocenters. The number of aryl methyl sites for hydroxylation is 2. The van der Waals surface area contributed by atoms with E-state index < -0.39 is 10.0 Å². The topological polar surface area (TPSA) is 88.1 Å². The first-order chi connectivity index (χ1) is 15.4. The molecule has 1 aromatic carbocycles. The van der Waals surface area contributed by atoms with E-state index in [0.717, 1.165) is 30.2 Å². The van der Waals surface area contributed by atoms with E-state index >= 15 is 0 Å². The van der Waals surface area contributed by atoms with Gasteiger partial charge >= 0.3 is 0 Å². The molecule has 0 saturated carbocycles. The first-order valence-corrected chi connectivity index (χ1v) is 12.5. The second-order valence-electron chi connectivity index (χ2n) is 8.02. The van der Waals surface area contributed by atoms with Crippen LogP contribution in [0, 0.1) is 13.8 Å². The molecular formula is C22H31N5O4S. The molecule has 0 aliphatic carbocycles. The first kappa shape index (κ1) is 22.8. The lowest BCUT2D eigenvalue weighted by Gasteiger charge is -2.35. The van der Waals surface area contributed by atoms with Gasteiger partial charge < -0.3 is 19.3 Å². The van der Waals surface area contributed by atoms with Gasteiger partial charge in [-0.3, -0.25) is 0 Å². The molecule has 0 spiro atoms. The fourth-order valence-electron chi connectivity index (χ4n) is 4.01. The molecule has 0 radical (unpaired) electrons. The number of aromatic nitrogens is 2. The maximum Gasteiger partial charge on any atom is 0.243 e. The predicted octanol–water partition coefficient (Wildman–Crippen LogP) is 1.84. The van der Waals surface area contributed by atoms with Crippen LogP contribution in [0.25, 0.3) is 0 Å². The Balaban J connectivity index is 1.46. The minimum atomic E-state index is -3.56. The SMILES string of the molecule is CCOc1ccc(S(=O)(=O)N2CCN(c3cc(C)nc(N4CCOCC4)n3)CC2)cc1C. The number of sulfonamides is 1. The van der Waals surface area contributed by atoms with Crippen LogP contribution in [0.15, 0.2) is 29.2 Å². The maximum absolute atomic E-state index is 13.2. The zero-order valence-corrected chi connectivity index (χ0v) is 19.8. The summed E-state index contributed by atoms with van der Waals surface area (Å²) >= 11 is 0. The van der Waals surface area contributed by atoms with Crippen LogP contribution >= 0.6 is 0 Å². The summed E-state index contributed by atoms with van der Waals surface area (Å²) in [6.07, 6.45) is 0. The number of ether oxygens (including phenoxy) is 2. The molecule has 0 bridgehead atoms. The third-order valence-corrected chi connectivity index (χ3v) is 7.66. The van der Waals surface area contributed by atoms with Crippen molar-refractivity contribution in [2.24, 2.45) is 0 Å². The molecule has 2 fully saturated rings. The monoisotopic (exact) mass is 461 g/mol. The number of nitrogens with zero attached hydrogens (tertiary/aromatic N) is 5. The van der Waals surface area contributed by atoms with Gasteiger partial charge in [-0.1, -0.05) is 0 Å². The Bertz CT molecular complexity index is 1050. The van der Waals surface area contributed by atoms with Gasteiger partial charge in [0.1, 0.15) is 11.6 Å². The number of anilines is 2. The van der Waals surface area contributed by atoms with E-state index in [1.807, 2.05) is 26.8 Å². The Morgan fingerprint density at radius 1 is 0.969 bits per heavy atom. The van der Waals surface area contributed by atoms with Gasteiger partial charge in [-0.25, -0.2) is 13.4 Å². The van der Waals surface area contributed by atoms with Crippen molar-refractivity contribution in [2.45, 2.75) is 25.7 Å². The normalized spacial score (nSPS) is 18.1. The zero-order chi connectivity index (χ0) is 22.7. The molecule has 2 aliphatic rings. The Morgan fingerprint density at radius 2 is 1.69 bits per heavy atom. The van der Waals surface area contributed by atoms with Crippen molar-refractivity contribution >= 4 is 21.8 Å². The van der Waals surface area contributed by atoms with Crippen LogP contribution in [0.2, 0.25) is 0 Å². The standard InChI is InChI=1S/C22H31N5O4S/c1-4-31-20-6-5-19(15-17(20)2)32(28,29)27-9-7-25(8-10-27)21-16-18(3)23-22(24-21)26-11-13-30-14-12-26/h5-6,15-16H,4,7-14H2,1-3H3. The molecule has 2 aliphatic heterocycles. The Hall–Kier alpha value is -2.43. The smallest absolute Gasteiger partial charge is 0.243 e. The largest absolute Gasteiger partial charge is 0.494 e. The van der Waals surface area contributed by atoms with Crippen LogP contribution in [-0.4, -0.2) is 81.8 Å². The van der Waals surface area contributed by atoms with Crippen molar-refractivity contribution in [2.75, 3.05) is 68.9 Å². The maximum atomic E-state index is 13.2. The molecule has 9 nitrogen and oxygen atoms in total. The van der Waals surface area contributed by atoms with Crippen LogP contribution in [0.1, 0.15) is 18.2 Å². The van der Waals surface area contributed by atoms with Crippen molar-refractivity contribution in [3.05, 3.63) is 35.5 Å². The molecule has 4 rings (SSSR count). The number of hydrogen-bond donors (Lipinski definition) is 0. The lowest BCUT2D eigenvalue weighted by Crippen LogP contribution is -2.49. The third-order valence-electron chi connectivity index (χ3n) is 5.77. The van der Waals surface area contributed by atoms with Gasteiger partial charge in [-0.05, 0) is 44.5 Å². The average Bonchev–Trinajstić information content (AvgIpc) is 2.81. The number of benzene rings is 1. The van der Waals surface area contributed by atoms with E-state index in [9.17, 15) is 8.42 Å². The Labute approximate surface area is 190 Å². The predicted molar refractivity (Wildman–Crippen MR) is 123 cm³/mol. The van der Waals surface area contributed by atoms with Crippen molar-refractivity contribution in [3.63, 3.8) is 0 Å². The lowest BCUT2D eigenvalue weighted by molar-refractivity contribution is 0.122. The van der Waals surface area contributed by atoms with Gasteiger partial charge in [0.15, 0.2) is 0 Å². The molecule has 2 aromatic rings. The van der Waals surface area contributed by atoms with Gasteiger partial charge in [0.25, 0.3) is 0 Å². The van der Waals surface area contributed by atoms with E-state index in [1.54, 1.807) is 22.5 Å². The minimum absolute atomic E-state index is 0.305. The van der Waals surface area contributed by atoms with Crippen LogP contribution in [0.5, 0.6) is 5.75 Å². The number of hydrogen-bond acceptors (Lipinski definition) is 8. The number of piperazine rings is 1. The molecule has 174 valence electrons. The Morgan fingerprint density at radius 3 is 2.34 bits per heavy atom. The molecule has 0 N–H and O–H groups in total. The van der Waals surface area contributed by atoms with Crippen molar-refractivity contribution in [1.29, 1.82) is 0 Å². The highest BCUT2D eigenvalue weighted by atomic mass is 32.2. The molecule has 32 heavy (non-hydrogen) atoms. The van der Waals surface area contributed by atoms with E-state index in [4.69, 9.17) is 14.5 Å². The van der Waals surface area contributed by atoms with E-state index in [-0.39, 0.29) is 0 Å². The summed E-state index contributed by atoms with van der Waals surface area (Å²) in [5.74, 6) is 2.27. The summed E-state index contributed by atoms with van der Waals surface area (Å²) in [7, 11) is -3.56. The van der Waals surface area contributed by atoms with Crippen molar-refractivity contribution in [1.82, 2.24) is 14.3 Å². The summed E-state index contributed by atoms with van der Waals surface area (Å²) in [6.45, 7) is 11.2.